The molecule has 34 heteroatoms. The van der Waals surface area contributed by atoms with Crippen molar-refractivity contribution < 1.29 is 60.2 Å². The number of alkyl halides is 6. The predicted octanol–water partition coefficient (Wildman–Crippen LogP) is -3.62. The number of nitrogens with zero attached hydrogens (tertiary/aromatic N) is 7. The molecule has 4 aromatic rings. The van der Waals surface area contributed by atoms with Gasteiger partial charge in [-0.15, -0.1) is 0 Å². The van der Waals surface area contributed by atoms with Crippen molar-refractivity contribution in [2.45, 2.75) is 49.3 Å². The number of halogens is 6. The third kappa shape index (κ3) is 16.9. The highest BCUT2D eigenvalue weighted by Crippen LogP contribution is 2.40. The van der Waals surface area contributed by atoms with E-state index in [1.807, 2.05) is 16.0 Å². The molecule has 3 aromatic carbocycles. The van der Waals surface area contributed by atoms with Crippen LogP contribution in [0.25, 0.3) is 17.0 Å². The van der Waals surface area contributed by atoms with E-state index in [9.17, 15) is 60.2 Å². The highest BCUT2D eigenvalue weighted by atomic mass is 19.4. The van der Waals surface area contributed by atoms with Crippen molar-refractivity contribution in [3.05, 3.63) is 107 Å². The number of nitrogens with one attached hydrogen (secondary N) is 5. The molecule has 6 atom stereocenters. The summed E-state index contributed by atoms with van der Waals surface area (Å²) in [5.41, 5.74) is 44.5. The number of carbonyl (C=O) groups is 6. The fourth-order valence-corrected chi connectivity index (χ4v) is 6.75. The van der Waals surface area contributed by atoms with E-state index in [1.165, 1.54) is 42.5 Å². The maximum Gasteiger partial charge on any atom is 0.433 e. The molecule has 1 heterocycles. The topological polar surface area (TPSA) is 486 Å². The Hall–Kier alpha value is -10.2. The molecule has 6 amide bonds. The van der Waals surface area contributed by atoms with Crippen molar-refractivity contribution in [3.63, 3.8) is 0 Å². The van der Waals surface area contributed by atoms with Crippen molar-refractivity contribution in [1.29, 1.82) is 0 Å². The van der Waals surface area contributed by atoms with E-state index >= 15 is 0 Å². The van der Waals surface area contributed by atoms with Crippen LogP contribution in [-0.4, -0.2) is 121 Å². The minimum atomic E-state index is -5.37. The number of fused-ring (bicyclic) bond motifs is 1. The molecule has 78 heavy (non-hydrogen) atoms. The van der Waals surface area contributed by atoms with Gasteiger partial charge in [-0.1, -0.05) is 66.7 Å². The summed E-state index contributed by atoms with van der Waals surface area (Å²) in [7, 11) is 3.56. The zero-order valence-electron chi connectivity index (χ0n) is 40.8. The molecule has 0 bridgehead atoms. The Bertz CT molecular complexity index is 3000. The third-order valence-corrected chi connectivity index (χ3v) is 10.2. The number of amides is 6. The molecule has 1 aromatic heterocycles. The van der Waals surface area contributed by atoms with Gasteiger partial charge in [0.15, 0.2) is 23.8 Å². The Balaban J connectivity index is 1.76. The molecule has 0 saturated heterocycles. The molecule has 0 fully saturated rings. The fraction of sp³-hybridized carbons (Fsp3) is 0.250. The molecular weight excluding hydrogens is 1050 g/mol. The Morgan fingerprint density at radius 1 is 0.603 bits per heavy atom. The Morgan fingerprint density at radius 2 is 1.08 bits per heavy atom. The highest BCUT2D eigenvalue weighted by Gasteiger charge is 2.40. The van der Waals surface area contributed by atoms with Gasteiger partial charge < -0.3 is 93.1 Å². The molecule has 0 aliphatic heterocycles. The Labute approximate surface area is 437 Å². The maximum absolute atomic E-state index is 14.5. The normalized spacial score (nSPS) is 13.7. The number of carbonyl (C=O) groups excluding carboxylic acids is 6. The van der Waals surface area contributed by atoms with Crippen molar-refractivity contribution in [3.8, 4) is 0 Å². The molecule has 0 saturated carbocycles. The minimum Gasteiger partial charge on any atom is -0.378 e. The zero-order chi connectivity index (χ0) is 58.4. The molecule has 0 radical (unpaired) electrons. The molecule has 418 valence electrons. The molecule has 0 aliphatic rings. The lowest BCUT2D eigenvalue weighted by molar-refractivity contribution is -0.142. The maximum atomic E-state index is 14.5. The van der Waals surface area contributed by atoms with Gasteiger partial charge in [-0.25, -0.2) is 25.0 Å². The monoisotopic (exact) mass is 1100 g/mol. The second-order valence-electron chi connectivity index (χ2n) is 16.3. The first kappa shape index (κ1) is 60.4. The highest BCUT2D eigenvalue weighted by molar-refractivity contribution is 6.00. The number of primary amides is 1. The van der Waals surface area contributed by atoms with Gasteiger partial charge in [-0.05, 0) is 35.4 Å². The Kier molecular flexibility index (Phi) is 20.0. The van der Waals surface area contributed by atoms with E-state index in [0.29, 0.717) is 22.6 Å². The summed E-state index contributed by atoms with van der Waals surface area (Å²) < 4.78 is 86.4. The summed E-state index contributed by atoms with van der Waals surface area (Å²) in [5, 5.41) is 21.6. The second kappa shape index (κ2) is 25.9. The van der Waals surface area contributed by atoms with Gasteiger partial charge in [-0.2, -0.15) is 26.3 Å². The first-order valence-corrected chi connectivity index (χ1v) is 22.1. The average molecular weight is 1100 g/mol. The quantitative estimate of drug-likeness (QED) is 0.0156. The predicted molar refractivity (Wildman–Crippen MR) is 272 cm³/mol. The van der Waals surface area contributed by atoms with Crippen LogP contribution < -0.4 is 88.0 Å². The van der Waals surface area contributed by atoms with Crippen molar-refractivity contribution in [2.24, 2.45) is 71.6 Å². The van der Waals surface area contributed by atoms with Gasteiger partial charge >= 0.3 is 12.4 Å². The number of benzene rings is 3. The molecule has 4 rings (SSSR count). The van der Waals surface area contributed by atoms with Crippen LogP contribution in [0.4, 0.5) is 37.7 Å². The van der Waals surface area contributed by atoms with Gasteiger partial charge in [0.05, 0.1) is 16.8 Å². The Morgan fingerprint density at radius 3 is 1.53 bits per heavy atom. The third-order valence-electron chi connectivity index (χ3n) is 10.2. The summed E-state index contributed by atoms with van der Waals surface area (Å²) >= 11 is 0. The number of guanidine groups is 4. The van der Waals surface area contributed by atoms with Gasteiger partial charge in [0.25, 0.3) is 29.5 Å². The molecule has 28 nitrogen and oxygen atoms in total. The summed E-state index contributed by atoms with van der Waals surface area (Å²) in [6, 6.07) is 14.2. The van der Waals surface area contributed by atoms with E-state index in [0.717, 1.165) is 17.8 Å². The van der Waals surface area contributed by atoms with Crippen LogP contribution in [0, 0.1) is 0 Å². The number of aliphatic hydroxyl groups excluding tert-OH is 1. The second-order valence-corrected chi connectivity index (χ2v) is 16.3. The number of para-hydroxylation sites is 1. The molecular formula is C44H53F6N21O7. The number of aliphatic imine (C=N–C) groups is 4. The van der Waals surface area contributed by atoms with Gasteiger partial charge in [0.1, 0.15) is 11.7 Å². The van der Waals surface area contributed by atoms with Crippen LogP contribution in [-0.2, 0) is 41.1 Å². The summed E-state index contributed by atoms with van der Waals surface area (Å²) in [6.07, 6.45) is -19.2. The number of rotatable bonds is 22. The van der Waals surface area contributed by atoms with Crippen molar-refractivity contribution in [1.82, 2.24) is 31.6 Å². The number of hydrogen-bond acceptors (Lipinski definition) is 14. The first-order chi connectivity index (χ1) is 36.4. The summed E-state index contributed by atoms with van der Waals surface area (Å²) in [5.74, 6) is -11.9. The lowest BCUT2D eigenvalue weighted by atomic mass is 10.0. The lowest BCUT2D eigenvalue weighted by Gasteiger charge is -2.31. The fourth-order valence-electron chi connectivity index (χ4n) is 6.75. The van der Waals surface area contributed by atoms with Crippen molar-refractivity contribution >= 4 is 87.6 Å². The van der Waals surface area contributed by atoms with E-state index in [-0.39, 0.29) is 5.56 Å². The molecule has 0 spiro atoms. The van der Waals surface area contributed by atoms with E-state index in [2.05, 4.69) is 35.6 Å². The number of nitrogens with two attached hydrogens (primary N) is 9. The SMILES string of the molecule is CN(C)c1ccc(C=CCN(c2cc(C(F)(F)F)nc3c(C(F)(F)F)cccc23)C(O)C(=O)NC(C(=O)NC(N=C(N)N)C(=O)NC(N=C(N)N)C(=O)NC(N=C(N)N)C(=O)NC(N=C(N)N)C(N)=O)c2ccccc2)cc1. The van der Waals surface area contributed by atoms with Crippen LogP contribution in [0.1, 0.15) is 28.4 Å². The summed E-state index contributed by atoms with van der Waals surface area (Å²) in [6.45, 7) is -0.681. The summed E-state index contributed by atoms with van der Waals surface area (Å²) in [4.78, 5) is 101. The van der Waals surface area contributed by atoms with Crippen LogP contribution in [0.15, 0.2) is 105 Å². The van der Waals surface area contributed by atoms with Gasteiger partial charge in [0, 0.05) is 31.7 Å². The number of aromatic nitrogens is 1. The zero-order valence-corrected chi connectivity index (χ0v) is 40.8. The average Bonchev–Trinajstić information content (AvgIpc) is 3.35. The molecule has 6 unspecified atom stereocenters. The van der Waals surface area contributed by atoms with Crippen LogP contribution in [0.5, 0.6) is 0 Å². The van der Waals surface area contributed by atoms with Crippen LogP contribution in [0.2, 0.25) is 0 Å². The van der Waals surface area contributed by atoms with Crippen LogP contribution in [0.3, 0.4) is 0 Å². The van der Waals surface area contributed by atoms with Gasteiger partial charge in [-0.3, -0.25) is 28.8 Å². The van der Waals surface area contributed by atoms with Gasteiger partial charge in [0.2, 0.25) is 36.8 Å². The lowest BCUT2D eigenvalue weighted by Crippen LogP contribution is -2.58. The van der Waals surface area contributed by atoms with Crippen LogP contribution >= 0.6 is 0 Å². The number of aliphatic hydroxyl groups is 1. The molecule has 24 N–H and O–H groups in total. The standard InChI is InChI=1S/C44H53F6N21O7/c1-70(2)21-15-13-19(14-16-21)8-7-17-71(24-18-25(44(48,49)50)60-27-22(24)11-6-12-23(27)43(45,46)47)38(78)37(77)61-26(20-9-4-3-5-10-20)33(73)63-30(67-40(54)55)35(75)65-32(69-42(58)59)36(76)64-31(68-41(56)57)34(74)62-29(28(51)72)66-39(52)53/h3-16,18,26,29-32,38,78H,17H2,1-2H3,(H2,51,72)(H,61,77)(H,62,74)(H,63,73)(H,64,76)(H,65,75)(H4,52,53,66)(H4,54,55,67)(H4,56,57,68)(H4,58,59,69). The van der Waals surface area contributed by atoms with Crippen molar-refractivity contribution in [2.75, 3.05) is 30.4 Å². The molecule has 0 aliphatic carbocycles. The van der Waals surface area contributed by atoms with E-state index in [4.69, 9.17) is 51.6 Å². The minimum absolute atomic E-state index is 0.101. The number of hydrogen-bond donors (Lipinski definition) is 15. The smallest absolute Gasteiger partial charge is 0.378 e. The first-order valence-electron chi connectivity index (χ1n) is 22.1. The number of pyridine rings is 1. The largest absolute Gasteiger partial charge is 0.433 e. The van der Waals surface area contributed by atoms with E-state index < -0.39 is 143 Å². The van der Waals surface area contributed by atoms with E-state index in [1.54, 1.807) is 43.3 Å². The number of anilines is 2.